The van der Waals surface area contributed by atoms with Crippen molar-refractivity contribution in [2.45, 2.75) is 6.92 Å². The average molecular weight is 251 g/mol. The lowest BCUT2D eigenvalue weighted by Gasteiger charge is -2.09. The molecule has 0 aliphatic rings. The van der Waals surface area contributed by atoms with Crippen LogP contribution in [0.4, 0.5) is 0 Å². The van der Waals surface area contributed by atoms with Crippen LogP contribution in [0.2, 0.25) is 0 Å². The molecule has 5 heteroatoms. The second kappa shape index (κ2) is 4.63. The average Bonchev–Trinajstić information content (AvgIpc) is 2.25. The number of carbonyl (C=O) groups excluding carboxylic acids is 1. The normalized spacial score (nSPS) is 10.9. The number of carbonyl (C=O) groups is 1. The third kappa shape index (κ3) is 2.88. The maximum Gasteiger partial charge on any atom is 0.206 e. The highest BCUT2D eigenvalue weighted by molar-refractivity contribution is 7.99. The molecule has 0 spiro atoms. The van der Waals surface area contributed by atoms with E-state index in [4.69, 9.17) is 5.41 Å². The number of rotatable bonds is 4. The van der Waals surface area contributed by atoms with E-state index in [-0.39, 0.29) is 21.7 Å². The van der Waals surface area contributed by atoms with E-state index in [1.807, 2.05) is 0 Å². The Morgan fingerprint density at radius 1 is 1.24 bits per heavy atom. The molecular weight excluding hydrogens is 238 g/mol. The van der Waals surface area contributed by atoms with Crippen LogP contribution in [0.5, 0.6) is 0 Å². The van der Waals surface area contributed by atoms with E-state index in [0.29, 0.717) is 0 Å². The summed E-state index contributed by atoms with van der Waals surface area (Å²) in [4.78, 5) is 11.6. The molecule has 0 amide bonds. The van der Waals surface area contributed by atoms with Crippen molar-refractivity contribution in [3.63, 3.8) is 0 Å². The lowest BCUT2D eigenvalue weighted by molar-refractivity contribution is 0.106. The fraction of sp³-hybridized carbons (Fsp3) is 0.167. The third-order valence-electron chi connectivity index (χ3n) is 2.26. The van der Waals surface area contributed by atoms with Gasteiger partial charge in [0, 0.05) is 17.4 Å². The first kappa shape index (κ1) is 13.3. The van der Waals surface area contributed by atoms with Crippen molar-refractivity contribution in [1.82, 2.24) is 0 Å². The molecule has 4 nitrogen and oxygen atoms in total. The Morgan fingerprint density at radius 3 is 2.12 bits per heavy atom. The molecule has 1 rings (SSSR count). The summed E-state index contributed by atoms with van der Waals surface area (Å²) < 4.78 is 22.8. The molecular formula is C12H13NO3S. The lowest BCUT2D eigenvalue weighted by atomic mass is 10.0. The Hall–Kier alpha value is -1.75. The van der Waals surface area contributed by atoms with Crippen LogP contribution in [0.3, 0.4) is 0 Å². The summed E-state index contributed by atoms with van der Waals surface area (Å²) >= 11 is 0. The van der Waals surface area contributed by atoms with Crippen molar-refractivity contribution in [3.05, 3.63) is 42.0 Å². The molecule has 0 atom stereocenters. The van der Waals surface area contributed by atoms with E-state index >= 15 is 0 Å². The minimum absolute atomic E-state index is 0.109. The van der Waals surface area contributed by atoms with E-state index < -0.39 is 15.6 Å². The summed E-state index contributed by atoms with van der Waals surface area (Å²) in [5, 5.41) is 7.30. The van der Waals surface area contributed by atoms with Gasteiger partial charge in [0.05, 0.1) is 10.6 Å². The fourth-order valence-electron chi connectivity index (χ4n) is 1.33. The molecule has 0 saturated carbocycles. The Kier molecular flexibility index (Phi) is 3.63. The Bertz CT molecular complexity index is 600. The molecule has 0 saturated heterocycles. The van der Waals surface area contributed by atoms with Gasteiger partial charge in [-0.2, -0.15) is 0 Å². The van der Waals surface area contributed by atoms with Crippen LogP contribution in [-0.4, -0.2) is 26.2 Å². The van der Waals surface area contributed by atoms with Crippen LogP contribution >= 0.6 is 0 Å². The third-order valence-corrected chi connectivity index (χ3v) is 3.38. The maximum absolute atomic E-state index is 11.7. The van der Waals surface area contributed by atoms with Gasteiger partial charge in [-0.3, -0.25) is 4.79 Å². The van der Waals surface area contributed by atoms with E-state index in [2.05, 4.69) is 6.58 Å². The van der Waals surface area contributed by atoms with Gasteiger partial charge in [0.25, 0.3) is 0 Å². The number of hydrogen-bond acceptors (Lipinski definition) is 4. The first-order chi connectivity index (χ1) is 7.75. The molecule has 0 fully saturated rings. The number of hydrogen-bond donors (Lipinski definition) is 1. The van der Waals surface area contributed by atoms with Gasteiger partial charge in [-0.05, 0) is 6.92 Å². The molecule has 0 unspecified atom stereocenters. The van der Waals surface area contributed by atoms with Gasteiger partial charge < -0.3 is 5.41 Å². The van der Waals surface area contributed by atoms with Gasteiger partial charge in [-0.1, -0.05) is 30.8 Å². The van der Waals surface area contributed by atoms with Crippen LogP contribution in [0, 0.1) is 5.41 Å². The molecule has 1 N–H and O–H groups in total. The Morgan fingerprint density at radius 2 is 1.71 bits per heavy atom. The standard InChI is InChI=1S/C12H13NO3S/c1-8(13)12(14)11-7-5-4-6-10(11)9(2)17(3,15)16/h4-7,13H,2H2,1,3H3. The van der Waals surface area contributed by atoms with Gasteiger partial charge in [0.1, 0.15) is 0 Å². The summed E-state index contributed by atoms with van der Waals surface area (Å²) in [6.07, 6.45) is 1.04. The monoisotopic (exact) mass is 251 g/mol. The van der Waals surface area contributed by atoms with Gasteiger partial charge >= 0.3 is 0 Å². The highest BCUT2D eigenvalue weighted by atomic mass is 32.2. The zero-order chi connectivity index (χ0) is 13.2. The molecule has 17 heavy (non-hydrogen) atoms. The van der Waals surface area contributed by atoms with E-state index in [1.54, 1.807) is 12.1 Å². The van der Waals surface area contributed by atoms with Crippen LogP contribution in [0.15, 0.2) is 30.8 Å². The molecule has 90 valence electrons. The molecule has 1 aromatic rings. The molecule has 0 aromatic heterocycles. The van der Waals surface area contributed by atoms with Gasteiger partial charge in [-0.15, -0.1) is 0 Å². The second-order valence-electron chi connectivity index (χ2n) is 3.70. The van der Waals surface area contributed by atoms with E-state index in [0.717, 1.165) is 6.26 Å². The zero-order valence-electron chi connectivity index (χ0n) is 9.65. The smallest absolute Gasteiger partial charge is 0.206 e. The largest absolute Gasteiger partial charge is 0.302 e. The summed E-state index contributed by atoms with van der Waals surface area (Å²) in [6, 6.07) is 6.25. The first-order valence-electron chi connectivity index (χ1n) is 4.83. The predicted octanol–water partition coefficient (Wildman–Crippen LogP) is 1.92. The van der Waals surface area contributed by atoms with Crippen LogP contribution in [0.1, 0.15) is 22.8 Å². The SMILES string of the molecule is C=C(c1ccccc1C(=O)C(C)=N)S(C)(=O)=O. The molecule has 0 aliphatic heterocycles. The predicted molar refractivity (Wildman–Crippen MR) is 68.1 cm³/mol. The van der Waals surface area contributed by atoms with Crippen LogP contribution in [0.25, 0.3) is 4.91 Å². The number of sulfone groups is 1. The first-order valence-corrected chi connectivity index (χ1v) is 6.72. The van der Waals surface area contributed by atoms with Gasteiger partial charge in [0.2, 0.25) is 5.78 Å². The number of benzene rings is 1. The highest BCUT2D eigenvalue weighted by Crippen LogP contribution is 2.22. The summed E-state index contributed by atoms with van der Waals surface area (Å²) in [5.74, 6) is -0.495. The minimum atomic E-state index is -3.45. The Balaban J connectivity index is 3.42. The molecule has 0 heterocycles. The van der Waals surface area contributed by atoms with Crippen LogP contribution in [-0.2, 0) is 9.84 Å². The van der Waals surface area contributed by atoms with Gasteiger partial charge in [-0.25, -0.2) is 8.42 Å². The number of Topliss-reactive ketones (excluding diaryl/α,β-unsaturated/α-hetero) is 1. The topological polar surface area (TPSA) is 75.1 Å². The summed E-state index contributed by atoms with van der Waals surface area (Å²) in [5.41, 5.74) is 0.306. The lowest BCUT2D eigenvalue weighted by Crippen LogP contribution is -2.13. The second-order valence-corrected chi connectivity index (χ2v) is 5.73. The van der Waals surface area contributed by atoms with Crippen molar-refractivity contribution < 1.29 is 13.2 Å². The molecule has 0 aliphatic carbocycles. The molecule has 1 aromatic carbocycles. The zero-order valence-corrected chi connectivity index (χ0v) is 10.5. The van der Waals surface area contributed by atoms with Crippen molar-refractivity contribution in [2.75, 3.05) is 6.26 Å². The summed E-state index contributed by atoms with van der Waals surface area (Å²) in [6.45, 7) is 4.85. The fourth-order valence-corrected chi connectivity index (χ4v) is 1.90. The number of ketones is 1. The van der Waals surface area contributed by atoms with Crippen molar-refractivity contribution in [3.8, 4) is 0 Å². The maximum atomic E-state index is 11.7. The van der Waals surface area contributed by atoms with Crippen molar-refractivity contribution >= 4 is 26.2 Å². The minimum Gasteiger partial charge on any atom is -0.302 e. The van der Waals surface area contributed by atoms with Gasteiger partial charge in [0.15, 0.2) is 9.84 Å². The highest BCUT2D eigenvalue weighted by Gasteiger charge is 2.19. The van der Waals surface area contributed by atoms with Crippen LogP contribution < -0.4 is 0 Å². The Labute approximate surface area is 100 Å². The van der Waals surface area contributed by atoms with E-state index in [9.17, 15) is 13.2 Å². The number of nitrogens with one attached hydrogen (secondary N) is 1. The quantitative estimate of drug-likeness (QED) is 0.656. The van der Waals surface area contributed by atoms with Crippen molar-refractivity contribution in [1.29, 1.82) is 5.41 Å². The summed E-state index contributed by atoms with van der Waals surface area (Å²) in [7, 11) is -3.45. The molecule has 0 bridgehead atoms. The van der Waals surface area contributed by atoms with Crippen molar-refractivity contribution in [2.24, 2.45) is 0 Å². The molecule has 0 radical (unpaired) electrons. The van der Waals surface area contributed by atoms with E-state index in [1.165, 1.54) is 19.1 Å².